The second-order valence-electron chi connectivity index (χ2n) is 8.74. The van der Waals surface area contributed by atoms with Crippen LogP contribution >= 0.6 is 11.3 Å². The van der Waals surface area contributed by atoms with Gasteiger partial charge in [-0.25, -0.2) is 9.78 Å². The van der Waals surface area contributed by atoms with E-state index < -0.39 is 11.2 Å². The number of hydrogen-bond donors (Lipinski definition) is 1. The highest BCUT2D eigenvalue weighted by Gasteiger charge is 2.32. The van der Waals surface area contributed by atoms with E-state index in [1.54, 1.807) is 18.3 Å². The first-order valence-electron chi connectivity index (χ1n) is 11.8. The van der Waals surface area contributed by atoms with Gasteiger partial charge in [-0.2, -0.15) is 0 Å². The first-order chi connectivity index (χ1) is 17.0. The van der Waals surface area contributed by atoms with Crippen LogP contribution in [0.4, 0.5) is 5.82 Å². The molecule has 35 heavy (non-hydrogen) atoms. The van der Waals surface area contributed by atoms with Crippen LogP contribution in [-0.4, -0.2) is 37.9 Å². The lowest BCUT2D eigenvalue weighted by Gasteiger charge is -2.22. The van der Waals surface area contributed by atoms with E-state index in [9.17, 15) is 14.4 Å². The maximum Gasteiger partial charge on any atom is 0.332 e. The standard InChI is InChI=1S/C26H27N5O3S/c1-2-30-25(33)22(23(27)31(26(30)34)15-17-9-4-3-5-10-17)20(32)16-29-14-8-12-19(29)24-28-18-11-6-7-13-21(18)35-24/h3-7,9-11,13,19H,2,8,12,14-16,27H2,1H3/t19-/m0/s1. The smallest absolute Gasteiger partial charge is 0.332 e. The fourth-order valence-electron chi connectivity index (χ4n) is 4.77. The molecule has 2 aromatic carbocycles. The van der Waals surface area contributed by atoms with E-state index in [1.807, 2.05) is 54.6 Å². The Morgan fingerprint density at radius 3 is 2.57 bits per heavy atom. The molecule has 9 heteroatoms. The largest absolute Gasteiger partial charge is 0.384 e. The molecule has 0 saturated carbocycles. The van der Waals surface area contributed by atoms with Crippen LogP contribution in [0.5, 0.6) is 0 Å². The van der Waals surface area contributed by atoms with Crippen LogP contribution in [-0.2, 0) is 13.1 Å². The van der Waals surface area contributed by atoms with E-state index in [4.69, 9.17) is 10.7 Å². The third kappa shape index (κ3) is 4.33. The molecule has 8 nitrogen and oxygen atoms in total. The van der Waals surface area contributed by atoms with Crippen LogP contribution in [0.25, 0.3) is 10.2 Å². The average molecular weight is 490 g/mol. The van der Waals surface area contributed by atoms with Gasteiger partial charge in [0.15, 0.2) is 5.78 Å². The Hall–Kier alpha value is -3.56. The molecule has 0 spiro atoms. The SMILES string of the molecule is CCn1c(=O)c(C(=O)CN2CCC[C@H]2c2nc3ccccc3s2)c(N)n(Cc2ccccc2)c1=O. The number of hydrogen-bond acceptors (Lipinski definition) is 7. The molecule has 4 aromatic rings. The monoisotopic (exact) mass is 489 g/mol. The van der Waals surface area contributed by atoms with Crippen molar-refractivity contribution in [3.05, 3.63) is 91.6 Å². The maximum atomic E-state index is 13.5. The lowest BCUT2D eigenvalue weighted by molar-refractivity contribution is 0.0919. The number of carbonyl (C=O) groups excluding carboxylic acids is 1. The number of aromatic nitrogens is 3. The van der Waals surface area contributed by atoms with Gasteiger partial charge in [-0.05, 0) is 44.0 Å². The summed E-state index contributed by atoms with van der Waals surface area (Å²) in [5, 5.41) is 0.976. The average Bonchev–Trinajstić information content (AvgIpc) is 3.49. The fraction of sp³-hybridized carbons (Fsp3) is 0.308. The van der Waals surface area contributed by atoms with Crippen LogP contribution < -0.4 is 17.0 Å². The first kappa shape index (κ1) is 23.2. The molecule has 0 unspecified atom stereocenters. The summed E-state index contributed by atoms with van der Waals surface area (Å²) in [7, 11) is 0. The van der Waals surface area contributed by atoms with Crippen molar-refractivity contribution in [1.82, 2.24) is 19.0 Å². The minimum Gasteiger partial charge on any atom is -0.384 e. The highest BCUT2D eigenvalue weighted by molar-refractivity contribution is 7.18. The van der Waals surface area contributed by atoms with Gasteiger partial charge in [-0.15, -0.1) is 11.3 Å². The van der Waals surface area contributed by atoms with Crippen LogP contribution in [0.3, 0.4) is 0 Å². The molecule has 2 N–H and O–H groups in total. The summed E-state index contributed by atoms with van der Waals surface area (Å²) >= 11 is 1.64. The molecular weight excluding hydrogens is 462 g/mol. The highest BCUT2D eigenvalue weighted by Crippen LogP contribution is 2.36. The predicted octanol–water partition coefficient (Wildman–Crippen LogP) is 3.29. The van der Waals surface area contributed by atoms with E-state index >= 15 is 0 Å². The highest BCUT2D eigenvalue weighted by atomic mass is 32.1. The minimum absolute atomic E-state index is 0.0150. The van der Waals surface area contributed by atoms with E-state index in [1.165, 1.54) is 4.57 Å². The Morgan fingerprint density at radius 1 is 1.09 bits per heavy atom. The number of rotatable bonds is 7. The quantitative estimate of drug-likeness (QED) is 0.400. The normalized spacial score (nSPS) is 16.2. The zero-order valence-electron chi connectivity index (χ0n) is 19.5. The number of thiazole rings is 1. The number of para-hydroxylation sites is 1. The predicted molar refractivity (Wildman–Crippen MR) is 138 cm³/mol. The summed E-state index contributed by atoms with van der Waals surface area (Å²) < 4.78 is 3.52. The van der Waals surface area contributed by atoms with Crippen LogP contribution in [0.15, 0.2) is 64.2 Å². The lowest BCUT2D eigenvalue weighted by Crippen LogP contribution is -2.45. The number of nitrogens with zero attached hydrogens (tertiary/aromatic N) is 4. The Labute approximate surface area is 206 Å². The van der Waals surface area contributed by atoms with Crippen molar-refractivity contribution in [2.45, 2.75) is 38.9 Å². The summed E-state index contributed by atoms with van der Waals surface area (Å²) in [5.74, 6) is -0.446. The van der Waals surface area contributed by atoms with E-state index in [2.05, 4.69) is 4.90 Å². The minimum atomic E-state index is -0.625. The lowest BCUT2D eigenvalue weighted by atomic mass is 10.1. The summed E-state index contributed by atoms with van der Waals surface area (Å²) in [5.41, 5.74) is 6.89. The van der Waals surface area contributed by atoms with Gasteiger partial charge in [0.2, 0.25) is 0 Å². The van der Waals surface area contributed by atoms with Crippen molar-refractivity contribution in [2.75, 3.05) is 18.8 Å². The van der Waals surface area contributed by atoms with Gasteiger partial charge in [-0.1, -0.05) is 42.5 Å². The molecule has 0 amide bonds. The molecule has 0 radical (unpaired) electrons. The van der Waals surface area contributed by atoms with Gasteiger partial charge in [0.1, 0.15) is 16.4 Å². The molecule has 1 saturated heterocycles. The van der Waals surface area contributed by atoms with Crippen LogP contribution in [0, 0.1) is 0 Å². The number of anilines is 1. The molecule has 3 heterocycles. The van der Waals surface area contributed by atoms with Gasteiger partial charge in [0, 0.05) is 6.54 Å². The Bertz CT molecular complexity index is 1470. The Morgan fingerprint density at radius 2 is 1.83 bits per heavy atom. The van der Waals surface area contributed by atoms with Crippen molar-refractivity contribution in [1.29, 1.82) is 0 Å². The number of ketones is 1. The van der Waals surface area contributed by atoms with E-state index in [0.717, 1.165) is 44.7 Å². The number of carbonyl (C=O) groups is 1. The maximum absolute atomic E-state index is 13.5. The fourth-order valence-corrected chi connectivity index (χ4v) is 5.90. The van der Waals surface area contributed by atoms with Crippen molar-refractivity contribution >= 4 is 33.2 Å². The summed E-state index contributed by atoms with van der Waals surface area (Å²) in [4.78, 5) is 46.5. The van der Waals surface area contributed by atoms with Gasteiger partial charge in [0.05, 0.1) is 29.3 Å². The van der Waals surface area contributed by atoms with Gasteiger partial charge in [0.25, 0.3) is 5.56 Å². The molecule has 1 aliphatic rings. The molecule has 0 aliphatic carbocycles. The molecule has 180 valence electrons. The zero-order valence-corrected chi connectivity index (χ0v) is 20.3. The molecule has 1 atom stereocenters. The number of fused-ring (bicyclic) bond motifs is 1. The van der Waals surface area contributed by atoms with Gasteiger partial charge in [-0.3, -0.25) is 23.6 Å². The molecule has 0 bridgehead atoms. The van der Waals surface area contributed by atoms with Crippen LogP contribution in [0.2, 0.25) is 0 Å². The van der Waals surface area contributed by atoms with E-state index in [0.29, 0.717) is 0 Å². The molecule has 1 aliphatic heterocycles. The Balaban J connectivity index is 1.48. The topological polar surface area (TPSA) is 103 Å². The summed E-state index contributed by atoms with van der Waals surface area (Å²) in [6, 6.07) is 17.4. The molecular formula is C26H27N5O3S. The van der Waals surface area contributed by atoms with E-state index in [-0.39, 0.29) is 42.8 Å². The van der Waals surface area contributed by atoms with Crippen molar-refractivity contribution in [3.8, 4) is 0 Å². The number of likely N-dealkylation sites (tertiary alicyclic amines) is 1. The first-order valence-corrected chi connectivity index (χ1v) is 12.6. The van der Waals surface area contributed by atoms with Crippen molar-refractivity contribution < 1.29 is 4.79 Å². The second kappa shape index (κ2) is 9.59. The molecule has 2 aromatic heterocycles. The molecule has 1 fully saturated rings. The number of nitrogen functional groups attached to an aromatic ring is 1. The number of benzene rings is 2. The third-order valence-corrected chi connectivity index (χ3v) is 7.69. The van der Waals surface area contributed by atoms with Crippen molar-refractivity contribution in [2.24, 2.45) is 0 Å². The van der Waals surface area contributed by atoms with Crippen LogP contribution in [0.1, 0.15) is 46.7 Å². The molecule has 5 rings (SSSR count). The van der Waals surface area contributed by atoms with Gasteiger partial charge < -0.3 is 5.73 Å². The van der Waals surface area contributed by atoms with Gasteiger partial charge >= 0.3 is 5.69 Å². The third-order valence-electron chi connectivity index (χ3n) is 6.55. The summed E-state index contributed by atoms with van der Waals surface area (Å²) in [6.07, 6.45) is 1.84. The second-order valence-corrected chi connectivity index (χ2v) is 9.80. The number of nitrogens with two attached hydrogens (primary N) is 1. The summed E-state index contributed by atoms with van der Waals surface area (Å²) in [6.45, 7) is 2.84. The Kier molecular flexibility index (Phi) is 6.36. The number of Topliss-reactive ketones (excluding diaryl/α,β-unsaturated/α-hetero) is 1. The van der Waals surface area contributed by atoms with Crippen molar-refractivity contribution in [3.63, 3.8) is 0 Å². The zero-order chi connectivity index (χ0) is 24.5.